The summed E-state index contributed by atoms with van der Waals surface area (Å²) in [7, 11) is 3.19. The van der Waals surface area contributed by atoms with Crippen LogP contribution < -0.4 is 9.47 Å². The molecule has 0 amide bonds. The van der Waals surface area contributed by atoms with E-state index in [0.717, 1.165) is 24.2 Å². The van der Waals surface area contributed by atoms with Crippen molar-refractivity contribution in [2.24, 2.45) is 0 Å². The van der Waals surface area contributed by atoms with Crippen molar-refractivity contribution in [1.29, 1.82) is 0 Å². The summed E-state index contributed by atoms with van der Waals surface area (Å²) in [5.74, 6) is 0.667. The molecule has 1 aliphatic rings. The Labute approximate surface area is 100 Å². The molecule has 1 aromatic carbocycles. The van der Waals surface area contributed by atoms with Crippen molar-refractivity contribution >= 4 is 5.97 Å². The van der Waals surface area contributed by atoms with Crippen molar-refractivity contribution in [2.45, 2.75) is 24.7 Å². The SMILES string of the molecule is COc1ccc(C2(CC(=O)O)CC2)c(OC)c1. The van der Waals surface area contributed by atoms with Crippen LogP contribution >= 0.6 is 0 Å². The third kappa shape index (κ3) is 2.20. The van der Waals surface area contributed by atoms with Crippen molar-refractivity contribution in [3.8, 4) is 11.5 Å². The third-order valence-electron chi connectivity index (χ3n) is 3.32. The second-order valence-electron chi connectivity index (χ2n) is 4.42. The summed E-state index contributed by atoms with van der Waals surface area (Å²) in [6, 6.07) is 5.56. The third-order valence-corrected chi connectivity index (χ3v) is 3.32. The van der Waals surface area contributed by atoms with Gasteiger partial charge in [0.05, 0.1) is 20.6 Å². The van der Waals surface area contributed by atoms with Crippen LogP contribution in [-0.4, -0.2) is 25.3 Å². The Kier molecular flexibility index (Phi) is 2.96. The molecule has 0 aliphatic heterocycles. The van der Waals surface area contributed by atoms with Crippen molar-refractivity contribution in [2.75, 3.05) is 14.2 Å². The fourth-order valence-electron chi connectivity index (χ4n) is 2.22. The zero-order valence-electron chi connectivity index (χ0n) is 10.0. The maximum Gasteiger partial charge on any atom is 0.304 e. The first-order chi connectivity index (χ1) is 8.11. The van der Waals surface area contributed by atoms with Gasteiger partial charge in [-0.3, -0.25) is 4.79 Å². The maximum atomic E-state index is 10.9. The molecular weight excluding hydrogens is 220 g/mol. The molecule has 0 atom stereocenters. The predicted octanol–water partition coefficient (Wildman–Crippen LogP) is 2.21. The summed E-state index contributed by atoms with van der Waals surface area (Å²) >= 11 is 0. The topological polar surface area (TPSA) is 55.8 Å². The highest BCUT2D eigenvalue weighted by Gasteiger charge is 2.47. The molecule has 0 spiro atoms. The molecule has 0 aromatic heterocycles. The van der Waals surface area contributed by atoms with Crippen LogP contribution in [0.1, 0.15) is 24.8 Å². The molecule has 0 bridgehead atoms. The minimum absolute atomic E-state index is 0.162. The summed E-state index contributed by atoms with van der Waals surface area (Å²) in [5.41, 5.74) is 0.742. The predicted molar refractivity (Wildman–Crippen MR) is 62.7 cm³/mol. The highest BCUT2D eigenvalue weighted by Crippen LogP contribution is 2.54. The molecule has 0 unspecified atom stereocenters. The summed E-state index contributed by atoms with van der Waals surface area (Å²) < 4.78 is 10.5. The summed E-state index contributed by atoms with van der Waals surface area (Å²) in [6.45, 7) is 0. The Morgan fingerprint density at radius 3 is 2.53 bits per heavy atom. The number of hydrogen-bond acceptors (Lipinski definition) is 3. The fourth-order valence-corrected chi connectivity index (χ4v) is 2.22. The van der Waals surface area contributed by atoms with E-state index < -0.39 is 5.97 Å². The molecule has 1 N–H and O–H groups in total. The Bertz CT molecular complexity index is 435. The number of aliphatic carboxylic acids is 1. The zero-order chi connectivity index (χ0) is 12.5. The molecule has 2 rings (SSSR count). The van der Waals surface area contributed by atoms with E-state index in [1.807, 2.05) is 12.1 Å². The normalized spacial score (nSPS) is 16.4. The molecule has 1 saturated carbocycles. The van der Waals surface area contributed by atoms with Crippen molar-refractivity contribution in [3.05, 3.63) is 23.8 Å². The summed E-state index contributed by atoms with van der Waals surface area (Å²) in [5, 5.41) is 8.95. The second kappa shape index (κ2) is 4.28. The van der Waals surface area contributed by atoms with E-state index in [2.05, 4.69) is 0 Å². The van der Waals surface area contributed by atoms with Gasteiger partial charge in [-0.05, 0) is 18.9 Å². The monoisotopic (exact) mass is 236 g/mol. The molecule has 4 nitrogen and oxygen atoms in total. The second-order valence-corrected chi connectivity index (χ2v) is 4.42. The average Bonchev–Trinajstić information content (AvgIpc) is 3.08. The number of ether oxygens (including phenoxy) is 2. The van der Waals surface area contributed by atoms with Gasteiger partial charge in [-0.1, -0.05) is 6.07 Å². The standard InChI is InChI=1S/C13H16O4/c1-16-9-3-4-10(11(7-9)17-2)13(5-6-13)8-12(14)15/h3-4,7H,5-6,8H2,1-2H3,(H,14,15). The van der Waals surface area contributed by atoms with Gasteiger partial charge in [0.2, 0.25) is 0 Å². The maximum absolute atomic E-state index is 10.9. The van der Waals surface area contributed by atoms with E-state index in [-0.39, 0.29) is 11.8 Å². The molecule has 4 heteroatoms. The molecule has 1 aromatic rings. The Hall–Kier alpha value is -1.71. The first-order valence-electron chi connectivity index (χ1n) is 5.55. The lowest BCUT2D eigenvalue weighted by Gasteiger charge is -2.17. The van der Waals surface area contributed by atoms with Crippen LogP contribution in [0.3, 0.4) is 0 Å². The van der Waals surface area contributed by atoms with Crippen molar-refractivity contribution in [1.82, 2.24) is 0 Å². The number of carboxylic acid groups (broad SMARTS) is 1. The molecule has 17 heavy (non-hydrogen) atoms. The number of carbonyl (C=O) groups is 1. The highest BCUT2D eigenvalue weighted by atomic mass is 16.5. The van der Waals surface area contributed by atoms with Crippen LogP contribution in [-0.2, 0) is 10.2 Å². The quantitative estimate of drug-likeness (QED) is 0.851. The average molecular weight is 236 g/mol. The van der Waals surface area contributed by atoms with Crippen LogP contribution in [0.2, 0.25) is 0 Å². The van der Waals surface area contributed by atoms with Crippen molar-refractivity contribution < 1.29 is 19.4 Å². The smallest absolute Gasteiger partial charge is 0.304 e. The van der Waals surface area contributed by atoms with Gasteiger partial charge in [0, 0.05) is 17.0 Å². The molecule has 1 aliphatic carbocycles. The molecular formula is C13H16O4. The number of benzene rings is 1. The van der Waals surface area contributed by atoms with E-state index >= 15 is 0 Å². The van der Waals surface area contributed by atoms with Crippen LogP contribution in [0.4, 0.5) is 0 Å². The molecule has 1 fully saturated rings. The van der Waals surface area contributed by atoms with Gasteiger partial charge in [-0.2, -0.15) is 0 Å². The lowest BCUT2D eigenvalue weighted by molar-refractivity contribution is -0.137. The van der Waals surface area contributed by atoms with Crippen LogP contribution in [0.5, 0.6) is 11.5 Å². The first-order valence-corrected chi connectivity index (χ1v) is 5.55. The van der Waals surface area contributed by atoms with Gasteiger partial charge in [0.1, 0.15) is 11.5 Å². The summed E-state index contributed by atoms with van der Waals surface area (Å²) in [4.78, 5) is 10.9. The first kappa shape index (κ1) is 11.8. The van der Waals surface area contributed by atoms with E-state index in [1.54, 1.807) is 20.3 Å². The Morgan fingerprint density at radius 2 is 2.06 bits per heavy atom. The lowest BCUT2D eigenvalue weighted by Crippen LogP contribution is -2.14. The largest absolute Gasteiger partial charge is 0.497 e. The van der Waals surface area contributed by atoms with Gasteiger partial charge in [0.15, 0.2) is 0 Å². The van der Waals surface area contributed by atoms with E-state index in [4.69, 9.17) is 14.6 Å². The van der Waals surface area contributed by atoms with Crippen LogP contribution in [0.25, 0.3) is 0 Å². The van der Waals surface area contributed by atoms with E-state index in [1.165, 1.54) is 0 Å². The molecule has 0 saturated heterocycles. The van der Waals surface area contributed by atoms with E-state index in [0.29, 0.717) is 5.75 Å². The van der Waals surface area contributed by atoms with Crippen LogP contribution in [0, 0.1) is 0 Å². The van der Waals surface area contributed by atoms with Gasteiger partial charge in [-0.25, -0.2) is 0 Å². The van der Waals surface area contributed by atoms with Gasteiger partial charge < -0.3 is 14.6 Å². The minimum atomic E-state index is -0.764. The number of hydrogen-bond donors (Lipinski definition) is 1. The Morgan fingerprint density at radius 1 is 1.35 bits per heavy atom. The summed E-state index contributed by atoms with van der Waals surface area (Å²) in [6.07, 6.45) is 1.97. The Balaban J connectivity index is 2.35. The number of methoxy groups -OCH3 is 2. The number of rotatable bonds is 5. The van der Waals surface area contributed by atoms with Gasteiger partial charge in [0.25, 0.3) is 0 Å². The molecule has 0 radical (unpaired) electrons. The van der Waals surface area contributed by atoms with Gasteiger partial charge in [-0.15, -0.1) is 0 Å². The fraction of sp³-hybridized carbons (Fsp3) is 0.462. The molecule has 92 valence electrons. The number of carboxylic acids is 1. The minimum Gasteiger partial charge on any atom is -0.497 e. The molecule has 0 heterocycles. The van der Waals surface area contributed by atoms with E-state index in [9.17, 15) is 4.79 Å². The zero-order valence-corrected chi connectivity index (χ0v) is 10.0. The highest BCUT2D eigenvalue weighted by molar-refractivity contribution is 5.70. The van der Waals surface area contributed by atoms with Crippen molar-refractivity contribution in [3.63, 3.8) is 0 Å². The lowest BCUT2D eigenvalue weighted by atomic mass is 9.91. The van der Waals surface area contributed by atoms with Crippen LogP contribution in [0.15, 0.2) is 18.2 Å². The van der Waals surface area contributed by atoms with Gasteiger partial charge >= 0.3 is 5.97 Å².